The second-order valence-electron chi connectivity index (χ2n) is 2.63. The van der Waals surface area contributed by atoms with E-state index in [0.717, 1.165) is 18.2 Å². The number of nitrogens with zero attached hydrogens (tertiary/aromatic N) is 1. The van der Waals surface area contributed by atoms with Crippen molar-refractivity contribution in [1.82, 2.24) is 0 Å². The lowest BCUT2D eigenvalue weighted by Gasteiger charge is -1.93. The van der Waals surface area contributed by atoms with Gasteiger partial charge in [-0.3, -0.25) is 10.1 Å². The molecule has 0 heterocycles. The largest absolute Gasteiger partial charge is 0.302 e. The molecule has 76 valence electrons. The van der Waals surface area contributed by atoms with E-state index in [2.05, 4.69) is 11.8 Å². The van der Waals surface area contributed by atoms with Crippen LogP contribution in [0.2, 0.25) is 0 Å². The Morgan fingerprint density at radius 2 is 2.20 bits per heavy atom. The van der Waals surface area contributed by atoms with E-state index < -0.39 is 10.7 Å². The standard InChI is InChI=1S/C10H6FNO3/c11-9-5-8(3-1-2-4-13)6-10(7-9)12(14)15/h4-7H,2H2. The summed E-state index contributed by atoms with van der Waals surface area (Å²) < 4.78 is 12.9. The summed E-state index contributed by atoms with van der Waals surface area (Å²) >= 11 is 0. The molecule has 0 saturated heterocycles. The molecule has 4 nitrogen and oxygen atoms in total. The zero-order chi connectivity index (χ0) is 11.3. The van der Waals surface area contributed by atoms with Crippen molar-refractivity contribution in [2.75, 3.05) is 0 Å². The van der Waals surface area contributed by atoms with Crippen molar-refractivity contribution in [2.24, 2.45) is 0 Å². The minimum absolute atomic E-state index is 0.0182. The van der Waals surface area contributed by atoms with Gasteiger partial charge in [-0.2, -0.15) is 0 Å². The van der Waals surface area contributed by atoms with Gasteiger partial charge >= 0.3 is 0 Å². The van der Waals surface area contributed by atoms with Gasteiger partial charge in [-0.1, -0.05) is 11.8 Å². The molecule has 0 N–H and O–H groups in total. The summed E-state index contributed by atoms with van der Waals surface area (Å²) in [6, 6.07) is 3.04. The number of aldehydes is 1. The monoisotopic (exact) mass is 207 g/mol. The number of carbonyl (C=O) groups is 1. The average Bonchev–Trinajstić information content (AvgIpc) is 2.17. The second-order valence-corrected chi connectivity index (χ2v) is 2.63. The number of halogens is 1. The predicted molar refractivity (Wildman–Crippen MR) is 50.6 cm³/mol. The van der Waals surface area contributed by atoms with Crippen LogP contribution in [0.5, 0.6) is 0 Å². The van der Waals surface area contributed by atoms with E-state index in [9.17, 15) is 19.3 Å². The Labute approximate surface area is 84.9 Å². The summed E-state index contributed by atoms with van der Waals surface area (Å²) in [7, 11) is 0. The minimum atomic E-state index is -0.723. The third-order valence-electron chi connectivity index (χ3n) is 1.51. The van der Waals surface area contributed by atoms with Gasteiger partial charge in [0.2, 0.25) is 0 Å². The third kappa shape index (κ3) is 3.19. The number of nitro benzene ring substituents is 1. The number of nitro groups is 1. The van der Waals surface area contributed by atoms with Gasteiger partial charge < -0.3 is 4.79 Å². The predicted octanol–water partition coefficient (Wildman–Crippen LogP) is 1.67. The maximum atomic E-state index is 12.9. The van der Waals surface area contributed by atoms with Crippen LogP contribution in [0.15, 0.2) is 18.2 Å². The molecule has 1 rings (SSSR count). The normalized spacial score (nSPS) is 8.87. The van der Waals surface area contributed by atoms with Crippen molar-refractivity contribution < 1.29 is 14.1 Å². The highest BCUT2D eigenvalue weighted by atomic mass is 19.1. The van der Waals surface area contributed by atoms with Crippen molar-refractivity contribution in [3.05, 3.63) is 39.7 Å². The molecule has 0 aliphatic carbocycles. The zero-order valence-corrected chi connectivity index (χ0v) is 7.57. The molecule has 0 bridgehead atoms. The summed E-state index contributed by atoms with van der Waals surface area (Å²) in [6.07, 6.45) is 0.616. The molecule has 1 aromatic rings. The molecule has 1 aromatic carbocycles. The van der Waals surface area contributed by atoms with Crippen molar-refractivity contribution in [2.45, 2.75) is 6.42 Å². The molecule has 0 amide bonds. The fraction of sp³-hybridized carbons (Fsp3) is 0.100. The van der Waals surface area contributed by atoms with E-state index in [1.165, 1.54) is 0 Å². The molecule has 0 unspecified atom stereocenters. The molecule has 0 saturated carbocycles. The maximum Gasteiger partial charge on any atom is 0.273 e. The van der Waals surface area contributed by atoms with Crippen molar-refractivity contribution in [3.8, 4) is 11.8 Å². The minimum Gasteiger partial charge on any atom is -0.302 e. The van der Waals surface area contributed by atoms with Crippen LogP contribution in [-0.2, 0) is 4.79 Å². The first-order chi connectivity index (χ1) is 7.13. The molecule has 0 fully saturated rings. The van der Waals surface area contributed by atoms with Crippen LogP contribution >= 0.6 is 0 Å². The van der Waals surface area contributed by atoms with Crippen LogP contribution in [0, 0.1) is 27.8 Å². The fourth-order valence-corrected chi connectivity index (χ4v) is 0.946. The van der Waals surface area contributed by atoms with Gasteiger partial charge in [-0.15, -0.1) is 0 Å². The van der Waals surface area contributed by atoms with Gasteiger partial charge in [-0.25, -0.2) is 4.39 Å². The molecule has 0 aliphatic rings. The van der Waals surface area contributed by atoms with Crippen LogP contribution in [0.25, 0.3) is 0 Å². The SMILES string of the molecule is O=CCC#Cc1cc(F)cc([N+](=O)[O-])c1. The number of rotatable bonds is 2. The lowest BCUT2D eigenvalue weighted by molar-refractivity contribution is -0.385. The number of hydrogen-bond donors (Lipinski definition) is 0. The second kappa shape index (κ2) is 4.86. The molecular formula is C10H6FNO3. The fourth-order valence-electron chi connectivity index (χ4n) is 0.946. The number of hydrogen-bond acceptors (Lipinski definition) is 3. The van der Waals surface area contributed by atoms with Crippen LogP contribution in [0.1, 0.15) is 12.0 Å². The number of benzene rings is 1. The first kappa shape index (κ1) is 10.9. The number of non-ortho nitro benzene ring substituents is 1. The van der Waals surface area contributed by atoms with Crippen LogP contribution in [0.3, 0.4) is 0 Å². The van der Waals surface area contributed by atoms with Gasteiger partial charge in [-0.05, 0) is 6.07 Å². The molecule has 0 atom stereocenters. The highest BCUT2D eigenvalue weighted by Crippen LogP contribution is 2.15. The summed E-state index contributed by atoms with van der Waals surface area (Å²) in [5.74, 6) is 4.17. The molecule has 15 heavy (non-hydrogen) atoms. The molecule has 0 aliphatic heterocycles. The van der Waals surface area contributed by atoms with Crippen molar-refractivity contribution >= 4 is 12.0 Å². The Balaban J connectivity index is 3.05. The summed E-state index contributed by atoms with van der Waals surface area (Å²) in [6.45, 7) is 0. The van der Waals surface area contributed by atoms with Gasteiger partial charge in [0.1, 0.15) is 12.1 Å². The van der Waals surface area contributed by atoms with Crippen LogP contribution in [-0.4, -0.2) is 11.2 Å². The first-order valence-corrected chi connectivity index (χ1v) is 4.01. The number of carbonyl (C=O) groups excluding carboxylic acids is 1. The van der Waals surface area contributed by atoms with Gasteiger partial charge in [0.25, 0.3) is 5.69 Å². The first-order valence-electron chi connectivity index (χ1n) is 4.01. The van der Waals surface area contributed by atoms with E-state index in [4.69, 9.17) is 0 Å². The molecular weight excluding hydrogens is 201 g/mol. The van der Waals surface area contributed by atoms with E-state index in [0.29, 0.717) is 6.29 Å². The van der Waals surface area contributed by atoms with Crippen LogP contribution in [0.4, 0.5) is 10.1 Å². The third-order valence-corrected chi connectivity index (χ3v) is 1.51. The van der Waals surface area contributed by atoms with E-state index >= 15 is 0 Å². The topological polar surface area (TPSA) is 60.2 Å². The van der Waals surface area contributed by atoms with Crippen molar-refractivity contribution in [1.29, 1.82) is 0 Å². The van der Waals surface area contributed by atoms with Crippen LogP contribution < -0.4 is 0 Å². The van der Waals surface area contributed by atoms with E-state index in [-0.39, 0.29) is 17.7 Å². The van der Waals surface area contributed by atoms with Gasteiger partial charge in [0, 0.05) is 11.6 Å². The Kier molecular flexibility index (Phi) is 3.52. The average molecular weight is 207 g/mol. The summed E-state index contributed by atoms with van der Waals surface area (Å²) in [4.78, 5) is 19.6. The molecule has 5 heteroatoms. The quantitative estimate of drug-likeness (QED) is 0.321. The highest BCUT2D eigenvalue weighted by Gasteiger charge is 2.08. The summed E-state index contributed by atoms with van der Waals surface area (Å²) in [5, 5.41) is 10.4. The Bertz CT molecular complexity index is 459. The smallest absolute Gasteiger partial charge is 0.273 e. The Morgan fingerprint density at radius 3 is 2.80 bits per heavy atom. The molecule has 0 spiro atoms. The highest BCUT2D eigenvalue weighted by molar-refractivity contribution is 5.55. The van der Waals surface area contributed by atoms with Gasteiger partial charge in [0.05, 0.1) is 17.4 Å². The summed E-state index contributed by atoms with van der Waals surface area (Å²) in [5.41, 5.74) is -0.172. The zero-order valence-electron chi connectivity index (χ0n) is 7.57. The van der Waals surface area contributed by atoms with E-state index in [1.54, 1.807) is 0 Å². The van der Waals surface area contributed by atoms with Gasteiger partial charge in [0.15, 0.2) is 0 Å². The van der Waals surface area contributed by atoms with E-state index in [1.807, 2.05) is 0 Å². The Morgan fingerprint density at radius 1 is 1.47 bits per heavy atom. The maximum absolute atomic E-state index is 12.9. The lowest BCUT2D eigenvalue weighted by Crippen LogP contribution is -1.90. The molecule has 0 aromatic heterocycles. The Hall–Kier alpha value is -2.22. The molecule has 0 radical (unpaired) electrons. The van der Waals surface area contributed by atoms with Crippen molar-refractivity contribution in [3.63, 3.8) is 0 Å². The lowest BCUT2D eigenvalue weighted by atomic mass is 10.2.